The van der Waals surface area contributed by atoms with Crippen LogP contribution in [0.25, 0.3) is 0 Å². The normalized spacial score (nSPS) is 11.4. The van der Waals surface area contributed by atoms with E-state index in [0.717, 1.165) is 5.56 Å². The lowest BCUT2D eigenvalue weighted by molar-refractivity contribution is 0.601. The summed E-state index contributed by atoms with van der Waals surface area (Å²) in [5, 5.41) is 6.33. The summed E-state index contributed by atoms with van der Waals surface area (Å²) in [6.45, 7) is 2.04. The van der Waals surface area contributed by atoms with Gasteiger partial charge in [-0.25, -0.2) is 8.42 Å². The molecule has 0 radical (unpaired) electrons. The number of nitrogens with two attached hydrogens (primary N) is 1. The van der Waals surface area contributed by atoms with Crippen molar-refractivity contribution in [3.8, 4) is 0 Å². The number of anilines is 1. The molecule has 1 aromatic heterocycles. The zero-order valence-corrected chi connectivity index (χ0v) is 10.7. The summed E-state index contributed by atoms with van der Waals surface area (Å²) in [5.41, 5.74) is 6.98. The number of aromatic nitrogens is 2. The van der Waals surface area contributed by atoms with E-state index >= 15 is 0 Å². The van der Waals surface area contributed by atoms with E-state index in [1.165, 1.54) is 12.3 Å². The number of H-pyrrole nitrogens is 1. The third-order valence-corrected chi connectivity index (χ3v) is 3.82. The molecule has 7 heteroatoms. The van der Waals surface area contributed by atoms with Crippen LogP contribution < -0.4 is 10.5 Å². The van der Waals surface area contributed by atoms with Crippen molar-refractivity contribution in [1.82, 2.24) is 10.2 Å². The molecule has 0 amide bonds. The molecule has 0 aliphatic heterocycles. The Kier molecular flexibility index (Phi) is 3.35. The number of hydrogen-bond donors (Lipinski definition) is 3. The van der Waals surface area contributed by atoms with Crippen molar-refractivity contribution in [2.24, 2.45) is 5.73 Å². The van der Waals surface area contributed by atoms with E-state index in [1.807, 2.05) is 13.0 Å². The Hall–Kier alpha value is -1.86. The summed E-state index contributed by atoms with van der Waals surface area (Å²) in [5.74, 6) is 0.305. The highest BCUT2D eigenvalue weighted by Crippen LogP contribution is 2.17. The minimum Gasteiger partial charge on any atom is -0.326 e. The van der Waals surface area contributed by atoms with Gasteiger partial charge in [0.2, 0.25) is 0 Å². The van der Waals surface area contributed by atoms with E-state index in [-0.39, 0.29) is 11.4 Å². The van der Waals surface area contributed by atoms with Gasteiger partial charge in [-0.05, 0) is 24.6 Å². The van der Waals surface area contributed by atoms with E-state index in [4.69, 9.17) is 5.73 Å². The SMILES string of the molecule is Cc1cccc(S(=O)(=O)Nc2[nH]ncc2CN)c1. The molecular weight excluding hydrogens is 252 g/mol. The minimum absolute atomic E-state index is 0.208. The van der Waals surface area contributed by atoms with Crippen molar-refractivity contribution >= 4 is 15.8 Å². The van der Waals surface area contributed by atoms with Gasteiger partial charge in [0.15, 0.2) is 0 Å². The van der Waals surface area contributed by atoms with Crippen molar-refractivity contribution in [3.63, 3.8) is 0 Å². The largest absolute Gasteiger partial charge is 0.326 e. The molecule has 1 aromatic carbocycles. The molecule has 6 nitrogen and oxygen atoms in total. The first kappa shape index (κ1) is 12.6. The minimum atomic E-state index is -3.62. The van der Waals surface area contributed by atoms with Crippen LogP contribution in [0.4, 0.5) is 5.82 Å². The molecule has 0 bridgehead atoms. The molecule has 0 atom stereocenters. The van der Waals surface area contributed by atoms with Crippen LogP contribution in [0, 0.1) is 6.92 Å². The van der Waals surface area contributed by atoms with Crippen LogP contribution in [0.5, 0.6) is 0 Å². The van der Waals surface area contributed by atoms with Crippen molar-refractivity contribution < 1.29 is 8.42 Å². The summed E-state index contributed by atoms with van der Waals surface area (Å²) in [6, 6.07) is 6.66. The molecule has 1 heterocycles. The summed E-state index contributed by atoms with van der Waals surface area (Å²) >= 11 is 0. The van der Waals surface area contributed by atoms with E-state index in [1.54, 1.807) is 12.1 Å². The van der Waals surface area contributed by atoms with Crippen LogP contribution in [0.15, 0.2) is 35.4 Å². The Morgan fingerprint density at radius 1 is 1.44 bits per heavy atom. The number of benzene rings is 1. The zero-order chi connectivity index (χ0) is 13.2. The van der Waals surface area contributed by atoms with Gasteiger partial charge < -0.3 is 5.73 Å². The second-order valence-electron chi connectivity index (χ2n) is 3.90. The second kappa shape index (κ2) is 4.79. The van der Waals surface area contributed by atoms with Crippen molar-refractivity contribution in [1.29, 1.82) is 0 Å². The van der Waals surface area contributed by atoms with Crippen molar-refractivity contribution in [2.45, 2.75) is 18.4 Å². The van der Waals surface area contributed by atoms with Gasteiger partial charge >= 0.3 is 0 Å². The van der Waals surface area contributed by atoms with Crippen LogP contribution in [-0.2, 0) is 16.6 Å². The molecule has 96 valence electrons. The Bertz CT molecular complexity index is 649. The molecule has 0 saturated carbocycles. The molecule has 4 N–H and O–H groups in total. The lowest BCUT2D eigenvalue weighted by atomic mass is 10.2. The van der Waals surface area contributed by atoms with Crippen LogP contribution in [0.2, 0.25) is 0 Å². The average molecular weight is 266 g/mol. The van der Waals surface area contributed by atoms with E-state index in [0.29, 0.717) is 11.4 Å². The summed E-state index contributed by atoms with van der Waals surface area (Å²) in [7, 11) is -3.62. The van der Waals surface area contributed by atoms with E-state index in [2.05, 4.69) is 14.9 Å². The average Bonchev–Trinajstić information content (AvgIpc) is 2.75. The third kappa shape index (κ3) is 2.52. The maximum Gasteiger partial charge on any atom is 0.263 e. The molecule has 0 spiro atoms. The van der Waals surface area contributed by atoms with Crippen molar-refractivity contribution in [2.75, 3.05) is 4.72 Å². The smallest absolute Gasteiger partial charge is 0.263 e. The number of nitrogens with one attached hydrogen (secondary N) is 2. The quantitative estimate of drug-likeness (QED) is 0.767. The fraction of sp³-hybridized carbons (Fsp3) is 0.182. The van der Waals surface area contributed by atoms with Gasteiger partial charge in [-0.3, -0.25) is 9.82 Å². The fourth-order valence-electron chi connectivity index (χ4n) is 1.53. The molecule has 0 aliphatic carbocycles. The molecule has 2 rings (SSSR count). The monoisotopic (exact) mass is 266 g/mol. The van der Waals surface area contributed by atoms with Crippen LogP contribution in [0.3, 0.4) is 0 Å². The first-order valence-electron chi connectivity index (χ1n) is 5.35. The first-order chi connectivity index (χ1) is 8.53. The van der Waals surface area contributed by atoms with Gasteiger partial charge in [-0.15, -0.1) is 0 Å². The lowest BCUT2D eigenvalue weighted by Crippen LogP contribution is -2.15. The fourth-order valence-corrected chi connectivity index (χ4v) is 2.69. The zero-order valence-electron chi connectivity index (χ0n) is 9.84. The first-order valence-corrected chi connectivity index (χ1v) is 6.83. The highest BCUT2D eigenvalue weighted by molar-refractivity contribution is 7.92. The van der Waals surface area contributed by atoms with Gasteiger partial charge in [0, 0.05) is 12.1 Å². The Morgan fingerprint density at radius 2 is 2.22 bits per heavy atom. The van der Waals surface area contributed by atoms with Crippen LogP contribution in [-0.4, -0.2) is 18.6 Å². The molecule has 0 saturated heterocycles. The Morgan fingerprint density at radius 3 is 2.89 bits per heavy atom. The summed E-state index contributed by atoms with van der Waals surface area (Å²) < 4.78 is 26.7. The van der Waals surface area contributed by atoms with Gasteiger partial charge in [-0.2, -0.15) is 5.10 Å². The van der Waals surface area contributed by atoms with Gasteiger partial charge in [0.25, 0.3) is 10.0 Å². The Balaban J connectivity index is 2.33. The lowest BCUT2D eigenvalue weighted by Gasteiger charge is -2.08. The van der Waals surface area contributed by atoms with E-state index < -0.39 is 10.0 Å². The standard InChI is InChI=1S/C11H14N4O2S/c1-8-3-2-4-10(5-8)18(16,17)15-11-9(6-12)7-13-14-11/h2-5,7H,6,12H2,1H3,(H2,13,14,15). The highest BCUT2D eigenvalue weighted by atomic mass is 32.2. The van der Waals surface area contributed by atoms with Gasteiger partial charge in [0.1, 0.15) is 5.82 Å². The summed E-state index contributed by atoms with van der Waals surface area (Å²) in [4.78, 5) is 0.208. The van der Waals surface area contributed by atoms with Gasteiger partial charge in [0.05, 0.1) is 11.1 Å². The van der Waals surface area contributed by atoms with Crippen LogP contribution in [0.1, 0.15) is 11.1 Å². The topological polar surface area (TPSA) is 101 Å². The molecule has 0 unspecified atom stereocenters. The maximum atomic E-state index is 12.1. The predicted octanol–water partition coefficient (Wildman–Crippen LogP) is 0.978. The molecule has 18 heavy (non-hydrogen) atoms. The molecule has 0 fully saturated rings. The van der Waals surface area contributed by atoms with E-state index in [9.17, 15) is 8.42 Å². The second-order valence-corrected chi connectivity index (χ2v) is 5.58. The number of nitrogens with zero attached hydrogens (tertiary/aromatic N) is 1. The van der Waals surface area contributed by atoms with Crippen LogP contribution >= 0.6 is 0 Å². The predicted molar refractivity (Wildman–Crippen MR) is 68.5 cm³/mol. The Labute approximate surface area is 105 Å². The van der Waals surface area contributed by atoms with Gasteiger partial charge in [-0.1, -0.05) is 12.1 Å². The third-order valence-electron chi connectivity index (χ3n) is 2.47. The maximum absolute atomic E-state index is 12.1. The number of hydrogen-bond acceptors (Lipinski definition) is 4. The number of sulfonamides is 1. The molecular formula is C11H14N4O2S. The highest BCUT2D eigenvalue weighted by Gasteiger charge is 2.16. The summed E-state index contributed by atoms with van der Waals surface area (Å²) in [6.07, 6.45) is 1.49. The van der Waals surface area contributed by atoms with Crippen molar-refractivity contribution in [3.05, 3.63) is 41.6 Å². The molecule has 2 aromatic rings. The number of aromatic amines is 1. The number of rotatable bonds is 4. The number of aryl methyl sites for hydroxylation is 1. The molecule has 0 aliphatic rings.